The summed E-state index contributed by atoms with van der Waals surface area (Å²) in [6, 6.07) is -4.29. The van der Waals surface area contributed by atoms with Gasteiger partial charge in [-0.2, -0.15) is 0 Å². The van der Waals surface area contributed by atoms with E-state index in [1.54, 1.807) is 0 Å². The molecule has 44 heavy (non-hydrogen) atoms. The van der Waals surface area contributed by atoms with Gasteiger partial charge >= 0.3 is 0 Å². The molecule has 0 aliphatic carbocycles. The normalized spacial score (nSPS) is 32.6. The van der Waals surface area contributed by atoms with Crippen LogP contribution in [0.2, 0.25) is 0 Å². The Kier molecular flexibility index (Phi) is 14.7. The zero-order chi connectivity index (χ0) is 33.1. The summed E-state index contributed by atoms with van der Waals surface area (Å²) in [5.41, 5.74) is 0. The van der Waals surface area contributed by atoms with Crippen molar-refractivity contribution in [3.05, 3.63) is 0 Å². The van der Waals surface area contributed by atoms with Crippen molar-refractivity contribution in [1.82, 2.24) is 26.6 Å². The summed E-state index contributed by atoms with van der Waals surface area (Å²) in [7, 11) is 0. The second-order valence-electron chi connectivity index (χ2n) is 10.1. The molecule has 0 radical (unpaired) electrons. The summed E-state index contributed by atoms with van der Waals surface area (Å²) in [4.78, 5) is 61.6. The zero-order valence-electron chi connectivity index (χ0n) is 24.0. The van der Waals surface area contributed by atoms with E-state index in [0.717, 1.165) is 13.8 Å². The minimum Gasteiger partial charge on any atom is -0.395 e. The van der Waals surface area contributed by atoms with Crippen LogP contribution in [0.4, 0.5) is 0 Å². The Labute approximate surface area is 251 Å². The third-order valence-corrected chi connectivity index (χ3v) is 6.68. The molecule has 11 atom stereocenters. The van der Waals surface area contributed by atoms with Crippen LogP contribution >= 0.6 is 0 Å². The van der Waals surface area contributed by atoms with Crippen LogP contribution in [0, 0.1) is 0 Å². The van der Waals surface area contributed by atoms with Gasteiger partial charge < -0.3 is 76.5 Å². The number of ether oxygens (including phenoxy) is 3. The number of nitrogens with one attached hydrogen (secondary N) is 5. The van der Waals surface area contributed by atoms with Crippen molar-refractivity contribution in [1.29, 1.82) is 0 Å². The van der Waals surface area contributed by atoms with E-state index in [4.69, 9.17) is 19.3 Å². The molecule has 2 aliphatic rings. The van der Waals surface area contributed by atoms with Crippen molar-refractivity contribution in [2.75, 3.05) is 33.0 Å². The molecule has 2 saturated heterocycles. The van der Waals surface area contributed by atoms with Crippen LogP contribution in [0.15, 0.2) is 0 Å². The minimum atomic E-state index is -1.66. The first-order chi connectivity index (χ1) is 20.7. The molecule has 0 aromatic heterocycles. The average Bonchev–Trinajstić information content (AvgIpc) is 2.96. The predicted octanol–water partition coefficient (Wildman–Crippen LogP) is -8.01. The number of amides is 5. The number of aliphatic hydroxyl groups excluding tert-OH is 7. The molecule has 0 aromatic carbocycles. The molecule has 20 heteroatoms. The maximum atomic E-state index is 12.9. The van der Waals surface area contributed by atoms with Crippen LogP contribution < -0.4 is 26.6 Å². The van der Waals surface area contributed by atoms with E-state index < -0.39 is 130 Å². The fourth-order valence-corrected chi connectivity index (χ4v) is 4.56. The number of rotatable bonds is 14. The maximum absolute atomic E-state index is 12.9. The van der Waals surface area contributed by atoms with Crippen molar-refractivity contribution in [2.45, 2.75) is 87.5 Å². The molecule has 12 N–H and O–H groups in total. The molecule has 2 rings (SSSR count). The largest absolute Gasteiger partial charge is 0.395 e. The highest BCUT2D eigenvalue weighted by Crippen LogP contribution is 2.22. The molecular weight excluding hydrogens is 598 g/mol. The quantitative estimate of drug-likeness (QED) is 0.0840. The fraction of sp³-hybridized carbons (Fsp3) is 0.792. The molecule has 252 valence electrons. The number of hydrogen-bond donors (Lipinski definition) is 12. The lowest BCUT2D eigenvalue weighted by atomic mass is 9.95. The van der Waals surface area contributed by atoms with E-state index in [2.05, 4.69) is 26.6 Å². The summed E-state index contributed by atoms with van der Waals surface area (Å²) in [5.74, 6) is -4.11. The monoisotopic (exact) mass is 639 g/mol. The van der Waals surface area contributed by atoms with Gasteiger partial charge in [0.1, 0.15) is 61.4 Å². The van der Waals surface area contributed by atoms with Gasteiger partial charge in [0.15, 0.2) is 12.5 Å². The van der Waals surface area contributed by atoms with Gasteiger partial charge in [0, 0.05) is 20.4 Å². The average molecular weight is 640 g/mol. The van der Waals surface area contributed by atoms with Gasteiger partial charge in [0.25, 0.3) is 0 Å². The van der Waals surface area contributed by atoms with Crippen molar-refractivity contribution < 1.29 is 73.9 Å². The first-order valence-electron chi connectivity index (χ1n) is 13.6. The van der Waals surface area contributed by atoms with E-state index in [0.29, 0.717) is 0 Å². The Morgan fingerprint density at radius 2 is 1.30 bits per heavy atom. The molecule has 0 spiro atoms. The van der Waals surface area contributed by atoms with Gasteiger partial charge in [0.05, 0.1) is 26.2 Å². The Balaban J connectivity index is 2.12. The van der Waals surface area contributed by atoms with E-state index in [9.17, 15) is 54.6 Å². The van der Waals surface area contributed by atoms with E-state index in [-0.39, 0.29) is 6.54 Å². The standard InChI is InChI=1S/C24H41N5O15/c1-9(33)26-16-20(39)18(37)12(6-31)43-23(16)29-14(35)5-11(22(41)25-3-4-30)28-15(36)8-42-24-17(27-10(2)34)21(40)19(38)13(7-32)44-24/h11-13,16-21,23-24,30-32,37-40H,3-8H2,1-2H3,(H,25,41)(H,26,33)(H,27,34)(H,28,36)(H,29,35)/t11-,12?,13?,16?,17?,18?,19?,20?,21?,23?,24?/m0/s1. The Morgan fingerprint density at radius 1 is 0.750 bits per heavy atom. The first-order valence-corrected chi connectivity index (χ1v) is 13.6. The Bertz CT molecular complexity index is 1010. The first kappa shape index (κ1) is 37.1. The van der Waals surface area contributed by atoms with Gasteiger partial charge in [0.2, 0.25) is 29.5 Å². The fourth-order valence-electron chi connectivity index (χ4n) is 4.56. The van der Waals surface area contributed by atoms with Gasteiger partial charge in [-0.1, -0.05) is 0 Å². The highest BCUT2D eigenvalue weighted by Gasteiger charge is 2.47. The molecule has 20 nitrogen and oxygen atoms in total. The highest BCUT2D eigenvalue weighted by molar-refractivity contribution is 5.92. The van der Waals surface area contributed by atoms with Crippen LogP contribution in [0.1, 0.15) is 20.3 Å². The Morgan fingerprint density at radius 3 is 1.84 bits per heavy atom. The second kappa shape index (κ2) is 17.4. The van der Waals surface area contributed by atoms with Crippen LogP contribution in [0.5, 0.6) is 0 Å². The predicted molar refractivity (Wildman–Crippen MR) is 141 cm³/mol. The smallest absolute Gasteiger partial charge is 0.246 e. The number of hydrogen-bond acceptors (Lipinski definition) is 15. The van der Waals surface area contributed by atoms with Gasteiger partial charge in [-0.15, -0.1) is 0 Å². The number of carbonyl (C=O) groups excluding carboxylic acids is 5. The third kappa shape index (κ3) is 10.3. The van der Waals surface area contributed by atoms with E-state index >= 15 is 0 Å². The molecule has 0 saturated carbocycles. The second-order valence-corrected chi connectivity index (χ2v) is 10.1. The van der Waals surface area contributed by atoms with Gasteiger partial charge in [-0.3, -0.25) is 24.0 Å². The van der Waals surface area contributed by atoms with Gasteiger partial charge in [-0.05, 0) is 0 Å². The molecule has 2 aliphatic heterocycles. The number of carbonyl (C=O) groups is 5. The van der Waals surface area contributed by atoms with Crippen molar-refractivity contribution in [3.63, 3.8) is 0 Å². The van der Waals surface area contributed by atoms with Gasteiger partial charge in [-0.25, -0.2) is 0 Å². The molecule has 2 fully saturated rings. The van der Waals surface area contributed by atoms with Crippen LogP contribution in [-0.2, 0) is 38.2 Å². The summed E-state index contributed by atoms with van der Waals surface area (Å²) in [6.07, 6.45) is -12.9. The summed E-state index contributed by atoms with van der Waals surface area (Å²) >= 11 is 0. The molecule has 0 aromatic rings. The molecule has 2 heterocycles. The van der Waals surface area contributed by atoms with Crippen LogP contribution in [-0.4, -0.2) is 166 Å². The van der Waals surface area contributed by atoms with Crippen molar-refractivity contribution in [3.8, 4) is 0 Å². The SMILES string of the molecule is CC(=O)NC1C(NC(=O)C[C@H](NC(=O)COC2OC(CO)C(O)C(O)C2NC(C)=O)C(=O)NCCO)OC(CO)C(O)C1O. The summed E-state index contributed by atoms with van der Waals surface area (Å²) in [5, 5.41) is 80.4. The minimum absolute atomic E-state index is 0.237. The lowest BCUT2D eigenvalue weighted by Crippen LogP contribution is -2.68. The number of aliphatic hydroxyl groups is 7. The van der Waals surface area contributed by atoms with E-state index in [1.165, 1.54) is 0 Å². The topological polar surface area (TPSA) is 315 Å². The zero-order valence-corrected chi connectivity index (χ0v) is 24.0. The lowest BCUT2D eigenvalue weighted by Gasteiger charge is -2.42. The van der Waals surface area contributed by atoms with E-state index in [1.807, 2.05) is 0 Å². The molecule has 10 unspecified atom stereocenters. The van der Waals surface area contributed by atoms with Crippen molar-refractivity contribution >= 4 is 29.5 Å². The molecule has 0 bridgehead atoms. The Hall–Kier alpha value is -3.05. The maximum Gasteiger partial charge on any atom is 0.246 e. The highest BCUT2D eigenvalue weighted by atomic mass is 16.7. The third-order valence-electron chi connectivity index (χ3n) is 6.68. The summed E-state index contributed by atoms with van der Waals surface area (Å²) < 4.78 is 16.1. The lowest BCUT2D eigenvalue weighted by molar-refractivity contribution is -0.268. The van der Waals surface area contributed by atoms with Crippen LogP contribution in [0.25, 0.3) is 0 Å². The summed E-state index contributed by atoms with van der Waals surface area (Å²) in [6.45, 7) is -0.818. The molecular formula is C24H41N5O15. The van der Waals surface area contributed by atoms with Crippen LogP contribution in [0.3, 0.4) is 0 Å². The van der Waals surface area contributed by atoms with Crippen molar-refractivity contribution in [2.24, 2.45) is 0 Å². The molecule has 5 amide bonds.